The van der Waals surface area contributed by atoms with E-state index in [2.05, 4.69) is 24.1 Å². The molecule has 1 N–H and O–H groups in total. The standard InChI is InChI=1S/C22H28Cl2N2O3S/c1-4-13-30(28,29)18-10-7-16(8-11-18)21(15-26(5-2)6-3)25-22(27)19-12-9-17(23)14-20(19)24/h7-12,14,21H,4-6,13,15H2,1-3H3,(H,25,27). The molecule has 1 unspecified atom stereocenters. The number of sulfone groups is 1. The Balaban J connectivity index is 2.32. The van der Waals surface area contributed by atoms with Crippen LogP contribution in [0.2, 0.25) is 10.0 Å². The number of likely N-dealkylation sites (N-methyl/N-ethyl adjacent to an activating group) is 1. The van der Waals surface area contributed by atoms with Crippen molar-refractivity contribution in [2.45, 2.75) is 38.1 Å². The van der Waals surface area contributed by atoms with Gasteiger partial charge < -0.3 is 10.2 Å². The summed E-state index contributed by atoms with van der Waals surface area (Å²) in [5.74, 6) is -0.197. The fourth-order valence-corrected chi connectivity index (χ4v) is 5.00. The van der Waals surface area contributed by atoms with Crippen LogP contribution in [0.15, 0.2) is 47.4 Å². The molecule has 2 rings (SSSR count). The summed E-state index contributed by atoms with van der Waals surface area (Å²) in [4.78, 5) is 15.4. The van der Waals surface area contributed by atoms with Gasteiger partial charge in [0, 0.05) is 11.6 Å². The largest absolute Gasteiger partial charge is 0.344 e. The van der Waals surface area contributed by atoms with E-state index in [1.807, 2.05) is 6.92 Å². The predicted molar refractivity (Wildman–Crippen MR) is 123 cm³/mol. The lowest BCUT2D eigenvalue weighted by molar-refractivity contribution is 0.0925. The van der Waals surface area contributed by atoms with Gasteiger partial charge in [-0.25, -0.2) is 8.42 Å². The van der Waals surface area contributed by atoms with Crippen LogP contribution in [0.5, 0.6) is 0 Å². The minimum Gasteiger partial charge on any atom is -0.344 e. The van der Waals surface area contributed by atoms with Crippen LogP contribution in [0, 0.1) is 0 Å². The minimum atomic E-state index is -3.29. The van der Waals surface area contributed by atoms with Gasteiger partial charge in [-0.2, -0.15) is 0 Å². The van der Waals surface area contributed by atoms with Crippen LogP contribution >= 0.6 is 23.2 Å². The average molecular weight is 471 g/mol. The molecule has 0 bridgehead atoms. The maximum Gasteiger partial charge on any atom is 0.253 e. The molecular formula is C22H28Cl2N2O3S. The van der Waals surface area contributed by atoms with Crippen LogP contribution < -0.4 is 5.32 Å². The van der Waals surface area contributed by atoms with Crippen LogP contribution in [0.1, 0.15) is 49.2 Å². The van der Waals surface area contributed by atoms with Crippen molar-refractivity contribution in [3.05, 3.63) is 63.6 Å². The minimum absolute atomic E-state index is 0.112. The Morgan fingerprint density at radius 1 is 1.03 bits per heavy atom. The van der Waals surface area contributed by atoms with Gasteiger partial charge in [-0.1, -0.05) is 56.1 Å². The molecular weight excluding hydrogens is 443 g/mol. The molecule has 1 amide bonds. The second-order valence-electron chi connectivity index (χ2n) is 7.02. The van der Waals surface area contributed by atoms with E-state index >= 15 is 0 Å². The zero-order valence-electron chi connectivity index (χ0n) is 17.5. The van der Waals surface area contributed by atoms with Crippen molar-refractivity contribution in [2.24, 2.45) is 0 Å². The fraction of sp³-hybridized carbons (Fsp3) is 0.409. The molecule has 0 aliphatic rings. The van der Waals surface area contributed by atoms with Crippen molar-refractivity contribution in [3.8, 4) is 0 Å². The Hall–Kier alpha value is -1.60. The second kappa shape index (κ2) is 11.1. The lowest BCUT2D eigenvalue weighted by Gasteiger charge is -2.27. The first-order chi connectivity index (χ1) is 14.2. The Bertz CT molecular complexity index is 959. The number of amides is 1. The molecule has 5 nitrogen and oxygen atoms in total. The van der Waals surface area contributed by atoms with E-state index in [-0.39, 0.29) is 22.7 Å². The van der Waals surface area contributed by atoms with Crippen molar-refractivity contribution in [1.82, 2.24) is 10.2 Å². The summed E-state index contributed by atoms with van der Waals surface area (Å²) < 4.78 is 24.6. The molecule has 0 spiro atoms. The third-order valence-corrected chi connectivity index (χ3v) is 7.41. The average Bonchev–Trinajstić information content (AvgIpc) is 2.71. The number of benzene rings is 2. The molecule has 0 radical (unpaired) electrons. The summed E-state index contributed by atoms with van der Waals surface area (Å²) in [6, 6.07) is 11.2. The van der Waals surface area contributed by atoms with E-state index in [9.17, 15) is 13.2 Å². The van der Waals surface area contributed by atoms with Gasteiger partial charge in [-0.3, -0.25) is 4.79 Å². The van der Waals surface area contributed by atoms with Crippen molar-refractivity contribution in [3.63, 3.8) is 0 Å². The topological polar surface area (TPSA) is 66.5 Å². The Morgan fingerprint density at radius 2 is 1.67 bits per heavy atom. The van der Waals surface area contributed by atoms with E-state index in [1.165, 1.54) is 6.07 Å². The van der Waals surface area contributed by atoms with E-state index < -0.39 is 9.84 Å². The summed E-state index contributed by atoms with van der Waals surface area (Å²) in [7, 11) is -3.29. The van der Waals surface area contributed by atoms with Gasteiger partial charge in [0.05, 0.1) is 27.3 Å². The summed E-state index contributed by atoms with van der Waals surface area (Å²) in [6.45, 7) is 8.19. The predicted octanol–water partition coefficient (Wildman–Crippen LogP) is 4.99. The molecule has 30 heavy (non-hydrogen) atoms. The Kier molecular flexibility index (Phi) is 9.16. The number of rotatable bonds is 10. The maximum atomic E-state index is 12.9. The summed E-state index contributed by atoms with van der Waals surface area (Å²) in [6.07, 6.45) is 0.562. The first kappa shape index (κ1) is 24.7. The molecule has 0 fully saturated rings. The van der Waals surface area contributed by atoms with Crippen molar-refractivity contribution >= 4 is 38.9 Å². The van der Waals surface area contributed by atoms with E-state index in [1.54, 1.807) is 36.4 Å². The highest BCUT2D eigenvalue weighted by Gasteiger charge is 2.21. The van der Waals surface area contributed by atoms with E-state index in [0.29, 0.717) is 28.4 Å². The molecule has 0 heterocycles. The molecule has 0 saturated carbocycles. The normalized spacial score (nSPS) is 12.7. The first-order valence-corrected chi connectivity index (χ1v) is 12.4. The number of carbonyl (C=O) groups excluding carboxylic acids is 1. The van der Waals surface area contributed by atoms with Crippen molar-refractivity contribution in [1.29, 1.82) is 0 Å². The van der Waals surface area contributed by atoms with Crippen LogP contribution in [-0.2, 0) is 9.84 Å². The number of nitrogens with zero attached hydrogens (tertiary/aromatic N) is 1. The summed E-state index contributed by atoms with van der Waals surface area (Å²) in [5, 5.41) is 3.77. The van der Waals surface area contributed by atoms with Gasteiger partial charge in [0.2, 0.25) is 0 Å². The van der Waals surface area contributed by atoms with Crippen molar-refractivity contribution in [2.75, 3.05) is 25.4 Å². The number of hydrogen-bond acceptors (Lipinski definition) is 4. The number of nitrogens with one attached hydrogen (secondary N) is 1. The summed E-state index contributed by atoms with van der Waals surface area (Å²) >= 11 is 12.1. The number of hydrogen-bond donors (Lipinski definition) is 1. The van der Waals surface area contributed by atoms with Crippen LogP contribution in [0.25, 0.3) is 0 Å². The molecule has 8 heteroatoms. The molecule has 1 atom stereocenters. The highest BCUT2D eigenvalue weighted by atomic mass is 35.5. The van der Waals surface area contributed by atoms with Crippen molar-refractivity contribution < 1.29 is 13.2 Å². The monoisotopic (exact) mass is 470 g/mol. The molecule has 0 aliphatic heterocycles. The number of halogens is 2. The molecule has 0 aromatic heterocycles. The number of carbonyl (C=O) groups is 1. The molecule has 0 aliphatic carbocycles. The molecule has 0 saturated heterocycles. The zero-order chi connectivity index (χ0) is 22.3. The van der Waals surface area contributed by atoms with Gasteiger partial charge in [0.25, 0.3) is 5.91 Å². The van der Waals surface area contributed by atoms with E-state index in [4.69, 9.17) is 23.2 Å². The maximum absolute atomic E-state index is 12.9. The van der Waals surface area contributed by atoms with E-state index in [0.717, 1.165) is 18.7 Å². The van der Waals surface area contributed by atoms with Gasteiger partial charge >= 0.3 is 0 Å². The SMILES string of the molecule is CCCS(=O)(=O)c1ccc(C(CN(CC)CC)NC(=O)c2ccc(Cl)cc2Cl)cc1. The van der Waals surface area contributed by atoms with Gasteiger partial charge in [0.15, 0.2) is 9.84 Å². The third kappa shape index (κ3) is 6.45. The first-order valence-electron chi connectivity index (χ1n) is 10.0. The second-order valence-corrected chi connectivity index (χ2v) is 9.98. The Morgan fingerprint density at radius 3 is 2.20 bits per heavy atom. The Labute approximate surface area is 189 Å². The third-order valence-electron chi connectivity index (χ3n) is 4.93. The molecule has 2 aromatic rings. The van der Waals surface area contributed by atoms with Gasteiger partial charge in [-0.15, -0.1) is 0 Å². The van der Waals surface area contributed by atoms with Gasteiger partial charge in [0.1, 0.15) is 0 Å². The fourth-order valence-electron chi connectivity index (χ4n) is 3.18. The lowest BCUT2D eigenvalue weighted by Crippen LogP contribution is -2.38. The van der Waals surface area contributed by atoms with Crippen LogP contribution in [0.4, 0.5) is 0 Å². The zero-order valence-corrected chi connectivity index (χ0v) is 19.8. The van der Waals surface area contributed by atoms with Crippen LogP contribution in [-0.4, -0.2) is 44.6 Å². The van der Waals surface area contributed by atoms with Gasteiger partial charge in [-0.05, 0) is 55.4 Å². The highest BCUT2D eigenvalue weighted by molar-refractivity contribution is 7.91. The highest BCUT2D eigenvalue weighted by Crippen LogP contribution is 2.23. The van der Waals surface area contributed by atoms with Crippen LogP contribution in [0.3, 0.4) is 0 Å². The lowest BCUT2D eigenvalue weighted by atomic mass is 10.1. The molecule has 2 aromatic carbocycles. The smallest absolute Gasteiger partial charge is 0.253 e. The quantitative estimate of drug-likeness (QED) is 0.530. The summed E-state index contributed by atoms with van der Waals surface area (Å²) in [5.41, 5.74) is 1.17. The molecule has 164 valence electrons.